The Balaban J connectivity index is 1.85. The molecule has 140 valence electrons. The van der Waals surface area contributed by atoms with Crippen LogP contribution in [0.5, 0.6) is 0 Å². The first-order chi connectivity index (χ1) is 12.4. The summed E-state index contributed by atoms with van der Waals surface area (Å²) < 4.78 is 4.58. The number of benzene rings is 1. The predicted molar refractivity (Wildman–Crippen MR) is 102 cm³/mol. The highest BCUT2D eigenvalue weighted by Crippen LogP contribution is 2.26. The first-order valence-corrected chi connectivity index (χ1v) is 9.38. The number of rotatable bonds is 7. The van der Waals surface area contributed by atoms with Gasteiger partial charge < -0.3 is 10.1 Å². The number of hydrogen-bond donors (Lipinski definition) is 2. The Bertz CT molecular complexity index is 785. The zero-order valence-corrected chi connectivity index (χ0v) is 16.5. The number of esters is 1. The van der Waals surface area contributed by atoms with Gasteiger partial charge in [-0.2, -0.15) is 0 Å². The Morgan fingerprint density at radius 1 is 1.31 bits per heavy atom. The van der Waals surface area contributed by atoms with Crippen LogP contribution in [-0.4, -0.2) is 29.3 Å². The average molecular weight is 417 g/mol. The summed E-state index contributed by atoms with van der Waals surface area (Å²) in [4.78, 5) is 23.2. The predicted octanol–water partition coefficient (Wildman–Crippen LogP) is 4.22. The smallest absolute Gasteiger partial charge is 0.321 e. The Morgan fingerprint density at radius 3 is 2.77 bits per heavy atom. The van der Waals surface area contributed by atoms with Crippen molar-refractivity contribution in [3.05, 3.63) is 38.8 Å². The standard InChI is InChI=1S/C16H18Cl2N4O3S/c1-9(11-7-6-10(17)8-12(11)18)19-15(24)20-16-22-21-13(26-16)4-3-5-14(23)25-2/h6-9H,3-5H2,1-2H3,(H2,19,20,22,24). The number of amides is 2. The fourth-order valence-electron chi connectivity index (χ4n) is 2.15. The van der Waals surface area contributed by atoms with Crippen molar-refractivity contribution in [1.29, 1.82) is 0 Å². The summed E-state index contributed by atoms with van der Waals surface area (Å²) >= 11 is 13.3. The average Bonchev–Trinajstić information content (AvgIpc) is 3.01. The molecule has 0 aliphatic rings. The van der Waals surface area contributed by atoms with Crippen LogP contribution in [0.25, 0.3) is 0 Å². The Hall–Kier alpha value is -1.90. The van der Waals surface area contributed by atoms with Crippen LogP contribution in [0.3, 0.4) is 0 Å². The molecule has 1 aromatic heterocycles. The van der Waals surface area contributed by atoms with E-state index in [-0.39, 0.29) is 12.0 Å². The van der Waals surface area contributed by atoms with Gasteiger partial charge in [0.2, 0.25) is 5.13 Å². The SMILES string of the molecule is COC(=O)CCCc1nnc(NC(=O)NC(C)c2ccc(Cl)cc2Cl)s1. The van der Waals surface area contributed by atoms with Gasteiger partial charge >= 0.3 is 12.0 Å². The van der Waals surface area contributed by atoms with Crippen LogP contribution in [0, 0.1) is 0 Å². The van der Waals surface area contributed by atoms with E-state index in [0.29, 0.717) is 34.4 Å². The lowest BCUT2D eigenvalue weighted by molar-refractivity contribution is -0.140. The third-order valence-corrected chi connectivity index (χ3v) is 4.92. The molecule has 1 aromatic carbocycles. The summed E-state index contributed by atoms with van der Waals surface area (Å²) in [5, 5.41) is 15.5. The van der Waals surface area contributed by atoms with Crippen LogP contribution in [0.15, 0.2) is 18.2 Å². The zero-order valence-electron chi connectivity index (χ0n) is 14.2. The van der Waals surface area contributed by atoms with Crippen molar-refractivity contribution in [2.45, 2.75) is 32.2 Å². The van der Waals surface area contributed by atoms with E-state index in [1.54, 1.807) is 18.2 Å². The number of aryl methyl sites for hydroxylation is 1. The molecule has 0 bridgehead atoms. The maximum atomic E-state index is 12.1. The Kier molecular flexibility index (Phi) is 7.62. The highest BCUT2D eigenvalue weighted by molar-refractivity contribution is 7.15. The quantitative estimate of drug-likeness (QED) is 0.658. The first-order valence-electron chi connectivity index (χ1n) is 7.80. The molecule has 1 atom stereocenters. The number of nitrogens with one attached hydrogen (secondary N) is 2. The molecule has 10 heteroatoms. The number of aromatic nitrogens is 2. The number of urea groups is 1. The van der Waals surface area contributed by atoms with Crippen molar-refractivity contribution in [3.63, 3.8) is 0 Å². The molecule has 7 nitrogen and oxygen atoms in total. The molecule has 0 aliphatic heterocycles. The second-order valence-electron chi connectivity index (χ2n) is 5.42. The number of carbonyl (C=O) groups is 2. The zero-order chi connectivity index (χ0) is 19.1. The lowest BCUT2D eigenvalue weighted by Gasteiger charge is -2.15. The molecule has 26 heavy (non-hydrogen) atoms. The molecule has 0 aliphatic carbocycles. The van der Waals surface area contributed by atoms with Crippen molar-refractivity contribution in [2.75, 3.05) is 12.4 Å². The summed E-state index contributed by atoms with van der Waals surface area (Å²) in [7, 11) is 1.35. The number of carbonyl (C=O) groups excluding carboxylic acids is 2. The van der Waals surface area contributed by atoms with E-state index in [1.165, 1.54) is 18.4 Å². The fourth-order valence-corrected chi connectivity index (χ4v) is 3.50. The third-order valence-electron chi connectivity index (χ3n) is 3.46. The van der Waals surface area contributed by atoms with Gasteiger partial charge in [0, 0.05) is 22.9 Å². The maximum Gasteiger partial charge on any atom is 0.321 e. The van der Waals surface area contributed by atoms with E-state index in [0.717, 1.165) is 10.6 Å². The van der Waals surface area contributed by atoms with E-state index in [2.05, 4.69) is 25.6 Å². The third kappa shape index (κ3) is 6.12. The molecule has 2 N–H and O–H groups in total. The number of ether oxygens (including phenoxy) is 1. The number of nitrogens with zero attached hydrogens (tertiary/aromatic N) is 2. The van der Waals surface area contributed by atoms with Crippen LogP contribution < -0.4 is 10.6 Å². The van der Waals surface area contributed by atoms with Gasteiger partial charge in [-0.15, -0.1) is 10.2 Å². The summed E-state index contributed by atoms with van der Waals surface area (Å²) in [6, 6.07) is 4.37. The van der Waals surface area contributed by atoms with E-state index in [9.17, 15) is 9.59 Å². The van der Waals surface area contributed by atoms with E-state index >= 15 is 0 Å². The minimum atomic E-state index is -0.416. The highest BCUT2D eigenvalue weighted by atomic mass is 35.5. The molecule has 0 radical (unpaired) electrons. The molecular formula is C16H18Cl2N4O3S. The molecule has 0 spiro atoms. The van der Waals surface area contributed by atoms with Crippen molar-refractivity contribution < 1.29 is 14.3 Å². The van der Waals surface area contributed by atoms with Gasteiger partial charge in [-0.05, 0) is 31.0 Å². The maximum absolute atomic E-state index is 12.1. The van der Waals surface area contributed by atoms with Crippen molar-refractivity contribution in [2.24, 2.45) is 0 Å². The van der Waals surface area contributed by atoms with Gasteiger partial charge in [-0.25, -0.2) is 4.79 Å². The van der Waals surface area contributed by atoms with E-state index < -0.39 is 6.03 Å². The van der Waals surface area contributed by atoms with Gasteiger partial charge in [0.15, 0.2) is 0 Å². The topological polar surface area (TPSA) is 93.2 Å². The van der Waals surface area contributed by atoms with Crippen LogP contribution in [-0.2, 0) is 16.0 Å². The monoisotopic (exact) mass is 416 g/mol. The molecule has 0 fully saturated rings. The Labute approximate surface area is 165 Å². The number of halogens is 2. The summed E-state index contributed by atoms with van der Waals surface area (Å²) in [6.07, 6.45) is 1.52. The fraction of sp³-hybridized carbons (Fsp3) is 0.375. The molecule has 2 amide bonds. The van der Waals surface area contributed by atoms with Crippen molar-refractivity contribution in [3.8, 4) is 0 Å². The lowest BCUT2D eigenvalue weighted by Crippen LogP contribution is -2.31. The molecule has 1 unspecified atom stereocenters. The van der Waals surface area contributed by atoms with Gasteiger partial charge in [-0.1, -0.05) is 40.6 Å². The largest absolute Gasteiger partial charge is 0.469 e. The van der Waals surface area contributed by atoms with Gasteiger partial charge in [0.05, 0.1) is 13.2 Å². The second-order valence-corrected chi connectivity index (χ2v) is 7.32. The minimum absolute atomic E-state index is 0.262. The minimum Gasteiger partial charge on any atom is -0.469 e. The lowest BCUT2D eigenvalue weighted by atomic mass is 10.1. The molecule has 2 aromatic rings. The first kappa shape index (κ1) is 20.4. The van der Waals surface area contributed by atoms with Crippen LogP contribution in [0.2, 0.25) is 10.0 Å². The summed E-state index contributed by atoms with van der Waals surface area (Å²) in [6.45, 7) is 1.81. The summed E-state index contributed by atoms with van der Waals surface area (Å²) in [5.74, 6) is -0.262. The molecule has 2 rings (SSSR count). The van der Waals surface area contributed by atoms with E-state index in [4.69, 9.17) is 23.2 Å². The van der Waals surface area contributed by atoms with Crippen LogP contribution >= 0.6 is 34.5 Å². The van der Waals surface area contributed by atoms with Crippen molar-refractivity contribution in [1.82, 2.24) is 15.5 Å². The number of hydrogen-bond acceptors (Lipinski definition) is 6. The van der Waals surface area contributed by atoms with Crippen molar-refractivity contribution >= 4 is 51.7 Å². The van der Waals surface area contributed by atoms with Crippen LogP contribution in [0.1, 0.15) is 36.4 Å². The van der Waals surface area contributed by atoms with E-state index in [1.807, 2.05) is 6.92 Å². The molecule has 0 saturated heterocycles. The number of methoxy groups -OCH3 is 1. The highest BCUT2D eigenvalue weighted by Gasteiger charge is 2.14. The molecule has 1 heterocycles. The van der Waals surface area contributed by atoms with Gasteiger partial charge in [0.1, 0.15) is 5.01 Å². The van der Waals surface area contributed by atoms with Crippen LogP contribution in [0.4, 0.5) is 9.93 Å². The van der Waals surface area contributed by atoms with Gasteiger partial charge in [0.25, 0.3) is 0 Å². The summed E-state index contributed by atoms with van der Waals surface area (Å²) in [5.41, 5.74) is 0.756. The number of anilines is 1. The molecular weight excluding hydrogens is 399 g/mol. The van der Waals surface area contributed by atoms with Gasteiger partial charge in [-0.3, -0.25) is 10.1 Å². The molecule has 0 saturated carbocycles. The normalized spacial score (nSPS) is 11.7. The Morgan fingerprint density at radius 2 is 2.08 bits per heavy atom. The second kappa shape index (κ2) is 9.70.